The number of aliphatic carboxylic acids is 1. The van der Waals surface area contributed by atoms with E-state index in [1.54, 1.807) is 7.11 Å². The molecule has 4 fully saturated rings. The fourth-order valence-electron chi connectivity index (χ4n) is 8.41. The van der Waals surface area contributed by atoms with E-state index in [-0.39, 0.29) is 25.5 Å². The van der Waals surface area contributed by atoms with Gasteiger partial charge in [0, 0.05) is 41.3 Å². The number of nitrogens with zero attached hydrogens (tertiary/aromatic N) is 3. The van der Waals surface area contributed by atoms with Crippen LogP contribution in [-0.4, -0.2) is 93.4 Å². The van der Waals surface area contributed by atoms with Crippen LogP contribution >= 0.6 is 11.3 Å². The number of thiazole rings is 1. The third-order valence-corrected chi connectivity index (χ3v) is 12.6. The van der Waals surface area contributed by atoms with Crippen LogP contribution in [0.4, 0.5) is 9.93 Å². The van der Waals surface area contributed by atoms with E-state index in [1.165, 1.54) is 41.6 Å². The molecule has 15 heteroatoms. The first-order valence-corrected chi connectivity index (χ1v) is 21.0. The molecule has 3 saturated carbocycles. The van der Waals surface area contributed by atoms with E-state index < -0.39 is 58.9 Å². The number of benzene rings is 1. The standard InChI is InChI=1S/C42H54N6O8S/c1-6-24-21-42(24,38(51)52)47-36(49)33-19-28(22-48(33)37(50)35(41(2,3)4)46-40(53)56-26-14-10-11-15-26)55-34-20-31(44-30-18-27(54-5)16-17-29(30)34)32-23-57-39(45-32)43-25-12-8-7-9-13-25/h6,16-18,20,23-26,28,33,35H,1,7-15,19,21-22H2,2-5H3,(H,43,45)(H,46,53)(H,47,49)(H,51,52). The summed E-state index contributed by atoms with van der Waals surface area (Å²) in [5.74, 6) is -1.64. The Kier molecular flexibility index (Phi) is 11.7. The monoisotopic (exact) mass is 802 g/mol. The first kappa shape index (κ1) is 40.3. The van der Waals surface area contributed by atoms with Crippen molar-refractivity contribution in [3.05, 3.63) is 42.3 Å². The molecule has 3 amide bonds. The minimum Gasteiger partial charge on any atom is -0.497 e. The number of ether oxygens (including phenoxy) is 3. The van der Waals surface area contributed by atoms with Crippen molar-refractivity contribution in [2.24, 2.45) is 11.3 Å². The molecule has 306 valence electrons. The van der Waals surface area contributed by atoms with Crippen LogP contribution in [0.5, 0.6) is 11.5 Å². The predicted octanol–water partition coefficient (Wildman–Crippen LogP) is 6.69. The van der Waals surface area contributed by atoms with Crippen LogP contribution in [0.25, 0.3) is 22.3 Å². The Morgan fingerprint density at radius 2 is 1.75 bits per heavy atom. The van der Waals surface area contributed by atoms with Crippen LogP contribution in [0, 0.1) is 11.3 Å². The molecule has 3 aliphatic carbocycles. The Hall–Kier alpha value is -4.92. The van der Waals surface area contributed by atoms with Crippen LogP contribution in [0.3, 0.4) is 0 Å². The van der Waals surface area contributed by atoms with E-state index in [1.807, 2.05) is 50.4 Å². The summed E-state index contributed by atoms with van der Waals surface area (Å²) in [6.07, 6.45) is 9.57. The Balaban J connectivity index is 1.18. The van der Waals surface area contributed by atoms with Crippen molar-refractivity contribution in [2.45, 2.75) is 127 Å². The molecule has 1 aromatic carbocycles. The summed E-state index contributed by atoms with van der Waals surface area (Å²) >= 11 is 1.52. The smallest absolute Gasteiger partial charge is 0.408 e. The number of carbonyl (C=O) groups excluding carboxylic acids is 3. The van der Waals surface area contributed by atoms with Crippen molar-refractivity contribution < 1.29 is 38.5 Å². The van der Waals surface area contributed by atoms with Gasteiger partial charge in [-0.2, -0.15) is 0 Å². The lowest BCUT2D eigenvalue weighted by Gasteiger charge is -2.35. The van der Waals surface area contributed by atoms with E-state index in [0.717, 1.165) is 43.7 Å². The highest BCUT2D eigenvalue weighted by molar-refractivity contribution is 7.14. The number of carboxylic acids is 1. The van der Waals surface area contributed by atoms with Crippen molar-refractivity contribution in [1.29, 1.82) is 0 Å². The van der Waals surface area contributed by atoms with Gasteiger partial charge in [-0.25, -0.2) is 19.6 Å². The largest absolute Gasteiger partial charge is 0.497 e. The van der Waals surface area contributed by atoms with Crippen LogP contribution < -0.4 is 25.4 Å². The van der Waals surface area contributed by atoms with E-state index in [0.29, 0.717) is 39.8 Å². The second-order valence-corrected chi connectivity index (χ2v) is 17.8. The fourth-order valence-corrected chi connectivity index (χ4v) is 9.19. The average Bonchev–Trinajstić information content (AvgIpc) is 3.60. The SMILES string of the molecule is C=CC1CC1(NC(=O)C1CC(Oc2cc(-c3csc(NC4CCCCC4)n3)nc3cc(OC)ccc23)CN1C(=O)C(NC(=O)OC1CCCC1)C(C)(C)C)C(=O)O. The van der Waals surface area contributed by atoms with E-state index in [9.17, 15) is 24.3 Å². The lowest BCUT2D eigenvalue weighted by Crippen LogP contribution is -2.59. The zero-order chi connectivity index (χ0) is 40.5. The van der Waals surface area contributed by atoms with Crippen LogP contribution in [0.15, 0.2) is 42.3 Å². The maximum absolute atomic E-state index is 14.6. The van der Waals surface area contributed by atoms with Crippen LogP contribution in [0.1, 0.15) is 91.4 Å². The van der Waals surface area contributed by atoms with Gasteiger partial charge in [-0.15, -0.1) is 17.9 Å². The maximum atomic E-state index is 14.6. The number of likely N-dealkylation sites (tertiary alicyclic amines) is 1. The van der Waals surface area contributed by atoms with Gasteiger partial charge in [-0.1, -0.05) is 46.1 Å². The lowest BCUT2D eigenvalue weighted by molar-refractivity contribution is -0.146. The third kappa shape index (κ3) is 8.82. The summed E-state index contributed by atoms with van der Waals surface area (Å²) in [7, 11) is 1.59. The summed E-state index contributed by atoms with van der Waals surface area (Å²) in [5.41, 5.74) is -0.401. The second kappa shape index (κ2) is 16.5. The average molecular weight is 803 g/mol. The lowest BCUT2D eigenvalue weighted by atomic mass is 9.85. The summed E-state index contributed by atoms with van der Waals surface area (Å²) in [6.45, 7) is 9.23. The van der Waals surface area contributed by atoms with Crippen molar-refractivity contribution in [1.82, 2.24) is 25.5 Å². The Labute approximate surface area is 337 Å². The number of fused-ring (bicyclic) bond motifs is 1. The number of hydrogen-bond acceptors (Lipinski definition) is 11. The van der Waals surface area contributed by atoms with Crippen LogP contribution in [0.2, 0.25) is 0 Å². The molecule has 4 N–H and O–H groups in total. The molecule has 2 aromatic heterocycles. The highest BCUT2D eigenvalue weighted by Gasteiger charge is 2.61. The van der Waals surface area contributed by atoms with E-state index >= 15 is 0 Å². The summed E-state index contributed by atoms with van der Waals surface area (Å²) in [5, 5.41) is 22.7. The Morgan fingerprint density at radius 3 is 2.42 bits per heavy atom. The number of aromatic nitrogens is 2. The number of alkyl carbamates (subject to hydrolysis) is 1. The van der Waals surface area contributed by atoms with Gasteiger partial charge in [0.05, 0.1) is 24.9 Å². The third-order valence-electron chi connectivity index (χ3n) is 11.8. The predicted molar refractivity (Wildman–Crippen MR) is 216 cm³/mol. The zero-order valence-electron chi connectivity index (χ0n) is 33.2. The molecule has 0 bridgehead atoms. The molecule has 1 aliphatic heterocycles. The number of carboxylic acid groups (broad SMARTS) is 1. The number of pyridine rings is 1. The highest BCUT2D eigenvalue weighted by Crippen LogP contribution is 2.45. The van der Waals surface area contributed by atoms with Gasteiger partial charge >= 0.3 is 12.1 Å². The fraction of sp³-hybridized carbons (Fsp3) is 0.571. The van der Waals surface area contributed by atoms with Gasteiger partial charge in [-0.3, -0.25) is 9.59 Å². The van der Waals surface area contributed by atoms with Crippen LogP contribution in [-0.2, 0) is 19.1 Å². The molecule has 1 saturated heterocycles. The number of nitrogens with one attached hydrogen (secondary N) is 3. The van der Waals surface area contributed by atoms with Gasteiger partial charge in [0.25, 0.3) is 0 Å². The topological polar surface area (TPSA) is 181 Å². The summed E-state index contributed by atoms with van der Waals surface area (Å²) < 4.78 is 17.9. The quantitative estimate of drug-likeness (QED) is 0.135. The van der Waals surface area contributed by atoms with Crippen molar-refractivity contribution >= 4 is 51.2 Å². The molecule has 14 nitrogen and oxygen atoms in total. The normalized spacial score (nSPS) is 24.4. The van der Waals surface area contributed by atoms with Gasteiger partial charge in [0.1, 0.15) is 47.0 Å². The van der Waals surface area contributed by atoms with Gasteiger partial charge < -0.3 is 40.2 Å². The minimum atomic E-state index is -1.51. The maximum Gasteiger partial charge on any atom is 0.408 e. The Morgan fingerprint density at radius 1 is 1.02 bits per heavy atom. The highest BCUT2D eigenvalue weighted by atomic mass is 32.1. The first-order chi connectivity index (χ1) is 27.3. The number of amides is 3. The summed E-state index contributed by atoms with van der Waals surface area (Å²) in [4.78, 5) is 65.6. The van der Waals surface area contributed by atoms with Gasteiger partial charge in [0.15, 0.2) is 5.13 Å². The Bertz CT molecular complexity index is 2000. The van der Waals surface area contributed by atoms with Gasteiger partial charge in [-0.05, 0) is 62.5 Å². The molecule has 5 atom stereocenters. The number of hydrogen-bond donors (Lipinski definition) is 4. The molecule has 3 heterocycles. The van der Waals surface area contributed by atoms with Crippen molar-refractivity contribution in [3.8, 4) is 22.9 Å². The zero-order valence-corrected chi connectivity index (χ0v) is 34.0. The van der Waals surface area contributed by atoms with Crippen molar-refractivity contribution in [2.75, 3.05) is 19.0 Å². The van der Waals surface area contributed by atoms with Gasteiger partial charge in [0.2, 0.25) is 11.8 Å². The second-order valence-electron chi connectivity index (χ2n) is 17.0. The molecule has 3 aromatic rings. The van der Waals surface area contributed by atoms with E-state index in [2.05, 4.69) is 22.5 Å². The number of methoxy groups -OCH3 is 1. The van der Waals surface area contributed by atoms with E-state index in [4.69, 9.17) is 24.2 Å². The molecular formula is C42H54N6O8S. The molecule has 7 rings (SSSR count). The molecule has 0 spiro atoms. The number of rotatable bonds is 13. The molecule has 5 unspecified atom stereocenters. The summed E-state index contributed by atoms with van der Waals surface area (Å²) in [6, 6.07) is 5.55. The first-order valence-electron chi connectivity index (χ1n) is 20.1. The number of carbonyl (C=O) groups is 4. The molecular weight excluding hydrogens is 749 g/mol. The number of anilines is 1. The molecule has 57 heavy (non-hydrogen) atoms. The molecule has 4 aliphatic rings. The van der Waals surface area contributed by atoms with Crippen molar-refractivity contribution in [3.63, 3.8) is 0 Å². The minimum absolute atomic E-state index is 0.00469. The molecule has 0 radical (unpaired) electrons.